The van der Waals surface area contributed by atoms with Crippen molar-refractivity contribution in [1.29, 1.82) is 5.26 Å². The highest BCUT2D eigenvalue weighted by molar-refractivity contribution is 5.31. The molecular weight excluding hydrogens is 260 g/mol. The van der Waals surface area contributed by atoms with Crippen molar-refractivity contribution in [3.05, 3.63) is 54.1 Å². The van der Waals surface area contributed by atoms with Crippen LogP contribution in [0.4, 0.5) is 0 Å². The number of nitrogens with zero attached hydrogens (tertiary/aromatic N) is 3. The minimum atomic E-state index is -0.674. The van der Waals surface area contributed by atoms with Gasteiger partial charge in [0.2, 0.25) is 0 Å². The summed E-state index contributed by atoms with van der Waals surface area (Å²) in [4.78, 5) is 4.24. The van der Waals surface area contributed by atoms with E-state index in [1.165, 1.54) is 0 Å². The van der Waals surface area contributed by atoms with Crippen LogP contribution in [0.1, 0.15) is 31.7 Å². The first kappa shape index (κ1) is 15.3. The fraction of sp³-hybridized carbons (Fsp3) is 0.412. The van der Waals surface area contributed by atoms with Crippen molar-refractivity contribution < 1.29 is 0 Å². The van der Waals surface area contributed by atoms with Gasteiger partial charge in [-0.3, -0.25) is 5.32 Å². The second kappa shape index (κ2) is 6.55. The van der Waals surface area contributed by atoms with Crippen LogP contribution in [0.15, 0.2) is 42.7 Å². The molecule has 0 fully saturated rings. The van der Waals surface area contributed by atoms with E-state index in [9.17, 15) is 5.26 Å². The lowest BCUT2D eigenvalue weighted by atomic mass is 9.87. The maximum absolute atomic E-state index is 9.84. The van der Waals surface area contributed by atoms with Gasteiger partial charge in [0.15, 0.2) is 0 Å². The molecule has 2 rings (SSSR count). The van der Waals surface area contributed by atoms with Crippen molar-refractivity contribution in [1.82, 2.24) is 14.9 Å². The number of nitrogens with one attached hydrogen (secondary N) is 1. The van der Waals surface area contributed by atoms with Gasteiger partial charge < -0.3 is 4.57 Å². The van der Waals surface area contributed by atoms with Crippen LogP contribution in [0.3, 0.4) is 0 Å². The van der Waals surface area contributed by atoms with E-state index < -0.39 is 5.54 Å². The van der Waals surface area contributed by atoms with E-state index in [-0.39, 0.29) is 6.04 Å². The highest BCUT2D eigenvalue weighted by Gasteiger charge is 2.32. The minimum absolute atomic E-state index is 0.230. The summed E-state index contributed by atoms with van der Waals surface area (Å²) in [5, 5.41) is 13.3. The first-order valence-corrected chi connectivity index (χ1v) is 7.29. The third-order valence-corrected chi connectivity index (χ3v) is 3.64. The minimum Gasteiger partial charge on any atom is -0.335 e. The standard InChI is InChI=1S/C17H22N4/c1-14(2)20-17(13-18,16-7-5-4-6-8-16)9-11-21-12-10-19-15(21)3/h4-8,10,12,14,20H,9,11H2,1-3H3. The number of aromatic nitrogens is 2. The Hall–Kier alpha value is -2.12. The first-order chi connectivity index (χ1) is 10.1. The lowest BCUT2D eigenvalue weighted by molar-refractivity contribution is 0.343. The molecule has 1 unspecified atom stereocenters. The summed E-state index contributed by atoms with van der Waals surface area (Å²) in [5.74, 6) is 0.972. The molecule has 110 valence electrons. The van der Waals surface area contributed by atoms with Crippen molar-refractivity contribution in [2.24, 2.45) is 0 Å². The topological polar surface area (TPSA) is 53.6 Å². The van der Waals surface area contributed by atoms with Crippen molar-refractivity contribution in [3.8, 4) is 6.07 Å². The van der Waals surface area contributed by atoms with Crippen LogP contribution < -0.4 is 5.32 Å². The average molecular weight is 282 g/mol. The van der Waals surface area contributed by atoms with Gasteiger partial charge >= 0.3 is 0 Å². The van der Waals surface area contributed by atoms with E-state index in [0.29, 0.717) is 6.42 Å². The molecule has 1 heterocycles. The Morgan fingerprint density at radius 2 is 2.05 bits per heavy atom. The van der Waals surface area contributed by atoms with E-state index >= 15 is 0 Å². The molecule has 0 spiro atoms. The van der Waals surface area contributed by atoms with Crippen molar-refractivity contribution in [2.75, 3.05) is 0 Å². The third-order valence-electron chi connectivity index (χ3n) is 3.64. The zero-order valence-corrected chi connectivity index (χ0v) is 12.9. The van der Waals surface area contributed by atoms with Gasteiger partial charge in [0.05, 0.1) is 6.07 Å². The molecule has 1 aromatic carbocycles. The van der Waals surface area contributed by atoms with Gasteiger partial charge in [-0.25, -0.2) is 4.98 Å². The molecule has 0 saturated carbocycles. The number of aryl methyl sites for hydroxylation is 2. The molecule has 0 amide bonds. The molecule has 1 atom stereocenters. The number of imidazole rings is 1. The predicted octanol–water partition coefficient (Wildman–Crippen LogP) is 3.00. The zero-order chi connectivity index (χ0) is 15.3. The highest BCUT2D eigenvalue weighted by Crippen LogP contribution is 2.26. The van der Waals surface area contributed by atoms with E-state index in [4.69, 9.17) is 0 Å². The Bertz CT molecular complexity index is 609. The molecule has 0 bridgehead atoms. The molecule has 1 aromatic heterocycles. The van der Waals surface area contributed by atoms with Gasteiger partial charge in [0.1, 0.15) is 11.4 Å². The number of hydrogen-bond donors (Lipinski definition) is 1. The van der Waals surface area contributed by atoms with Crippen LogP contribution in [0, 0.1) is 18.3 Å². The summed E-state index contributed by atoms with van der Waals surface area (Å²) in [6, 6.07) is 12.7. The van der Waals surface area contributed by atoms with E-state index in [1.54, 1.807) is 6.20 Å². The van der Waals surface area contributed by atoms with Crippen molar-refractivity contribution in [3.63, 3.8) is 0 Å². The van der Waals surface area contributed by atoms with Crippen LogP contribution in [0.5, 0.6) is 0 Å². The fourth-order valence-electron chi connectivity index (χ4n) is 2.60. The Morgan fingerprint density at radius 1 is 1.33 bits per heavy atom. The molecule has 21 heavy (non-hydrogen) atoms. The van der Waals surface area contributed by atoms with Crippen molar-refractivity contribution >= 4 is 0 Å². The van der Waals surface area contributed by atoms with Gasteiger partial charge in [0, 0.05) is 31.4 Å². The van der Waals surface area contributed by atoms with E-state index in [0.717, 1.165) is 17.9 Å². The number of benzene rings is 1. The molecular formula is C17H22N4. The summed E-state index contributed by atoms with van der Waals surface area (Å²) in [6.45, 7) is 6.87. The summed E-state index contributed by atoms with van der Waals surface area (Å²) in [7, 11) is 0. The normalized spacial score (nSPS) is 13.9. The summed E-state index contributed by atoms with van der Waals surface area (Å²) in [6.07, 6.45) is 4.45. The number of rotatable bonds is 6. The smallest absolute Gasteiger partial charge is 0.134 e. The molecule has 0 aliphatic rings. The maximum Gasteiger partial charge on any atom is 0.134 e. The summed E-state index contributed by atoms with van der Waals surface area (Å²) in [5.41, 5.74) is 0.338. The van der Waals surface area contributed by atoms with Crippen LogP contribution in [-0.4, -0.2) is 15.6 Å². The van der Waals surface area contributed by atoms with Crippen LogP contribution >= 0.6 is 0 Å². The van der Waals surface area contributed by atoms with Gasteiger partial charge in [-0.05, 0) is 26.3 Å². The number of nitriles is 1. The molecule has 0 aliphatic heterocycles. The highest BCUT2D eigenvalue weighted by atomic mass is 15.1. The Balaban J connectivity index is 2.28. The second-order valence-electron chi connectivity index (χ2n) is 5.60. The maximum atomic E-state index is 9.84. The molecule has 2 aromatic rings. The monoisotopic (exact) mass is 282 g/mol. The van der Waals surface area contributed by atoms with Gasteiger partial charge in [0.25, 0.3) is 0 Å². The summed E-state index contributed by atoms with van der Waals surface area (Å²) < 4.78 is 2.08. The predicted molar refractivity (Wildman–Crippen MR) is 83.6 cm³/mol. The average Bonchev–Trinajstić information content (AvgIpc) is 2.89. The molecule has 4 nitrogen and oxygen atoms in total. The number of hydrogen-bond acceptors (Lipinski definition) is 3. The Morgan fingerprint density at radius 3 is 2.57 bits per heavy atom. The van der Waals surface area contributed by atoms with Crippen LogP contribution in [0.25, 0.3) is 0 Å². The van der Waals surface area contributed by atoms with Crippen LogP contribution in [-0.2, 0) is 12.1 Å². The molecule has 1 N–H and O–H groups in total. The summed E-state index contributed by atoms with van der Waals surface area (Å²) >= 11 is 0. The fourth-order valence-corrected chi connectivity index (χ4v) is 2.60. The Labute approximate surface area is 126 Å². The molecule has 0 saturated heterocycles. The van der Waals surface area contributed by atoms with Gasteiger partial charge in [-0.15, -0.1) is 0 Å². The SMILES string of the molecule is Cc1nccn1CCC(C#N)(NC(C)C)c1ccccc1. The second-order valence-corrected chi connectivity index (χ2v) is 5.60. The molecule has 0 radical (unpaired) electrons. The van der Waals surface area contributed by atoms with Crippen LogP contribution in [0.2, 0.25) is 0 Å². The lowest BCUT2D eigenvalue weighted by Crippen LogP contribution is -2.45. The third kappa shape index (κ3) is 3.50. The van der Waals surface area contributed by atoms with Gasteiger partial charge in [-0.2, -0.15) is 5.26 Å². The van der Waals surface area contributed by atoms with Crippen molar-refractivity contribution in [2.45, 2.75) is 45.3 Å². The Kier molecular flexibility index (Phi) is 4.77. The molecule has 4 heteroatoms. The first-order valence-electron chi connectivity index (χ1n) is 7.29. The lowest BCUT2D eigenvalue weighted by Gasteiger charge is -2.31. The molecule has 0 aliphatic carbocycles. The van der Waals surface area contributed by atoms with E-state index in [1.807, 2.05) is 43.5 Å². The van der Waals surface area contributed by atoms with E-state index in [2.05, 4.69) is 34.8 Å². The van der Waals surface area contributed by atoms with Gasteiger partial charge in [-0.1, -0.05) is 30.3 Å². The zero-order valence-electron chi connectivity index (χ0n) is 12.9. The largest absolute Gasteiger partial charge is 0.335 e. The quantitative estimate of drug-likeness (QED) is 0.886.